The minimum Gasteiger partial charge on any atom is -0.496 e. The van der Waals surface area contributed by atoms with E-state index in [0.717, 1.165) is 9.80 Å². The summed E-state index contributed by atoms with van der Waals surface area (Å²) in [6, 6.07) is 17.0. The van der Waals surface area contributed by atoms with Crippen molar-refractivity contribution in [3.8, 4) is 11.5 Å². The lowest BCUT2D eigenvalue weighted by Crippen LogP contribution is -2.54. The smallest absolute Gasteiger partial charge is 0.336 e. The molecule has 196 valence electrons. The van der Waals surface area contributed by atoms with E-state index in [0.29, 0.717) is 40.4 Å². The number of amides is 6. The summed E-state index contributed by atoms with van der Waals surface area (Å²) < 4.78 is 11.0. The quantitative estimate of drug-likeness (QED) is 0.284. The predicted octanol–water partition coefficient (Wildman–Crippen LogP) is 3.56. The SMILES string of the molecule is CCOc1ccccc1N1C(=O)NC(=O)/C(=C/c2ccc(OC)c(CN3C(=O)c4ccccc4C3=O)c2)C1=O. The highest BCUT2D eigenvalue weighted by Gasteiger charge is 2.38. The van der Waals surface area contributed by atoms with Crippen LogP contribution in [0.4, 0.5) is 10.5 Å². The van der Waals surface area contributed by atoms with Gasteiger partial charge in [-0.1, -0.05) is 30.3 Å². The number of nitrogens with zero attached hydrogens (tertiary/aromatic N) is 2. The van der Waals surface area contributed by atoms with Gasteiger partial charge >= 0.3 is 6.03 Å². The van der Waals surface area contributed by atoms with Crippen molar-refractivity contribution in [3.63, 3.8) is 0 Å². The lowest BCUT2D eigenvalue weighted by atomic mass is 10.0. The Morgan fingerprint density at radius 3 is 2.15 bits per heavy atom. The molecule has 3 aromatic carbocycles. The van der Waals surface area contributed by atoms with E-state index in [1.807, 2.05) is 0 Å². The number of hydrogen-bond donors (Lipinski definition) is 1. The van der Waals surface area contributed by atoms with Gasteiger partial charge in [0, 0.05) is 5.56 Å². The summed E-state index contributed by atoms with van der Waals surface area (Å²) in [6.07, 6.45) is 1.34. The maximum atomic E-state index is 13.4. The van der Waals surface area contributed by atoms with E-state index in [2.05, 4.69) is 5.32 Å². The van der Waals surface area contributed by atoms with Crippen LogP contribution in [-0.2, 0) is 16.1 Å². The molecule has 1 saturated heterocycles. The van der Waals surface area contributed by atoms with Gasteiger partial charge in [-0.3, -0.25) is 29.4 Å². The minimum atomic E-state index is -0.893. The van der Waals surface area contributed by atoms with Crippen LogP contribution < -0.4 is 19.7 Å². The average molecular weight is 526 g/mol. The second-order valence-electron chi connectivity index (χ2n) is 8.67. The molecule has 0 spiro atoms. The normalized spacial score (nSPS) is 16.1. The first kappa shape index (κ1) is 25.4. The second-order valence-corrected chi connectivity index (χ2v) is 8.67. The van der Waals surface area contributed by atoms with Gasteiger partial charge in [0.2, 0.25) is 0 Å². The molecule has 0 aromatic heterocycles. The minimum absolute atomic E-state index is 0.0843. The molecule has 39 heavy (non-hydrogen) atoms. The van der Waals surface area contributed by atoms with Crippen molar-refractivity contribution in [3.05, 3.63) is 94.6 Å². The number of rotatable bonds is 7. The predicted molar refractivity (Wildman–Crippen MR) is 140 cm³/mol. The zero-order chi connectivity index (χ0) is 27.7. The molecule has 0 radical (unpaired) electrons. The van der Waals surface area contributed by atoms with Crippen molar-refractivity contribution in [2.75, 3.05) is 18.6 Å². The molecule has 2 aliphatic heterocycles. The standard InChI is InChI=1S/C29H23N3O7/c1-3-39-24-11-7-6-10-22(24)32-28(36)21(25(33)30-29(32)37)15-17-12-13-23(38-2)18(14-17)16-31-26(34)19-8-4-5-9-20(19)27(31)35/h4-15H,3,16H2,1-2H3,(H,30,33,37)/b21-15-. The number of imide groups is 3. The number of hydrogen-bond acceptors (Lipinski definition) is 7. The van der Waals surface area contributed by atoms with Gasteiger partial charge in [-0.25, -0.2) is 9.69 Å². The maximum absolute atomic E-state index is 13.4. The molecule has 0 atom stereocenters. The fourth-order valence-electron chi connectivity index (χ4n) is 4.53. The molecule has 10 heteroatoms. The van der Waals surface area contributed by atoms with E-state index < -0.39 is 29.7 Å². The topological polar surface area (TPSA) is 122 Å². The summed E-state index contributed by atoms with van der Waals surface area (Å²) in [5.41, 5.74) is 1.47. The molecule has 2 heterocycles. The van der Waals surface area contributed by atoms with Gasteiger partial charge in [-0.15, -0.1) is 0 Å². The largest absolute Gasteiger partial charge is 0.496 e. The Labute approximate surface area is 223 Å². The number of barbiturate groups is 1. The van der Waals surface area contributed by atoms with E-state index in [9.17, 15) is 24.0 Å². The van der Waals surface area contributed by atoms with Crippen LogP contribution in [0.25, 0.3) is 6.08 Å². The molecule has 6 amide bonds. The van der Waals surface area contributed by atoms with E-state index in [4.69, 9.17) is 9.47 Å². The molecule has 1 fully saturated rings. The molecule has 5 rings (SSSR count). The first-order valence-electron chi connectivity index (χ1n) is 12.1. The van der Waals surface area contributed by atoms with Crippen molar-refractivity contribution >= 4 is 41.4 Å². The Balaban J connectivity index is 1.48. The highest BCUT2D eigenvalue weighted by atomic mass is 16.5. The third kappa shape index (κ3) is 4.52. The van der Waals surface area contributed by atoms with Crippen molar-refractivity contribution in [1.82, 2.24) is 10.2 Å². The van der Waals surface area contributed by atoms with Crippen molar-refractivity contribution in [1.29, 1.82) is 0 Å². The van der Waals surface area contributed by atoms with Crippen molar-refractivity contribution in [2.45, 2.75) is 13.5 Å². The molecular formula is C29H23N3O7. The third-order valence-electron chi connectivity index (χ3n) is 6.33. The lowest BCUT2D eigenvalue weighted by Gasteiger charge is -2.27. The summed E-state index contributed by atoms with van der Waals surface area (Å²) >= 11 is 0. The van der Waals surface area contributed by atoms with Crippen molar-refractivity contribution in [2.24, 2.45) is 0 Å². The first-order valence-corrected chi connectivity index (χ1v) is 12.1. The highest BCUT2D eigenvalue weighted by Crippen LogP contribution is 2.32. The second kappa shape index (κ2) is 10.3. The molecular weight excluding hydrogens is 502 g/mol. The van der Waals surface area contributed by atoms with Gasteiger partial charge in [0.1, 0.15) is 17.1 Å². The molecule has 2 aliphatic rings. The summed E-state index contributed by atoms with van der Waals surface area (Å²) in [4.78, 5) is 66.5. The molecule has 10 nitrogen and oxygen atoms in total. The van der Waals surface area contributed by atoms with Crippen molar-refractivity contribution < 1.29 is 33.4 Å². The zero-order valence-electron chi connectivity index (χ0n) is 21.1. The van der Waals surface area contributed by atoms with Crippen LogP contribution in [0.2, 0.25) is 0 Å². The monoisotopic (exact) mass is 525 g/mol. The molecule has 3 aromatic rings. The zero-order valence-corrected chi connectivity index (χ0v) is 21.1. The van der Waals surface area contributed by atoms with Crippen LogP contribution in [0, 0.1) is 0 Å². The van der Waals surface area contributed by atoms with Gasteiger partial charge in [0.15, 0.2) is 0 Å². The van der Waals surface area contributed by atoms with E-state index in [1.165, 1.54) is 13.2 Å². The Morgan fingerprint density at radius 2 is 1.49 bits per heavy atom. The lowest BCUT2D eigenvalue weighted by molar-refractivity contribution is -0.122. The number of nitrogens with one attached hydrogen (secondary N) is 1. The Morgan fingerprint density at radius 1 is 0.821 bits per heavy atom. The fourth-order valence-corrected chi connectivity index (χ4v) is 4.53. The first-order chi connectivity index (χ1) is 18.8. The van der Waals surface area contributed by atoms with Gasteiger partial charge in [0.25, 0.3) is 23.6 Å². The van der Waals surface area contributed by atoms with Crippen LogP contribution in [0.5, 0.6) is 11.5 Å². The average Bonchev–Trinajstić information content (AvgIpc) is 3.17. The summed E-state index contributed by atoms with van der Waals surface area (Å²) in [5.74, 6) is -1.81. The Hall–Kier alpha value is -5.25. The van der Waals surface area contributed by atoms with Gasteiger partial charge in [-0.05, 0) is 55.0 Å². The number of ether oxygens (including phenoxy) is 2. The van der Waals surface area contributed by atoms with Gasteiger partial charge in [0.05, 0.1) is 37.1 Å². The number of methoxy groups -OCH3 is 1. The number of urea groups is 1. The van der Waals surface area contributed by atoms with Crippen LogP contribution in [0.3, 0.4) is 0 Å². The Bertz CT molecular complexity index is 1540. The summed E-state index contributed by atoms with van der Waals surface area (Å²) in [6.45, 7) is 2.00. The molecule has 0 aliphatic carbocycles. The number of para-hydroxylation sites is 2. The summed E-state index contributed by atoms with van der Waals surface area (Å²) in [5, 5.41) is 2.20. The van der Waals surface area contributed by atoms with E-state index in [1.54, 1.807) is 73.7 Å². The third-order valence-corrected chi connectivity index (χ3v) is 6.33. The van der Waals surface area contributed by atoms with E-state index in [-0.39, 0.29) is 17.8 Å². The maximum Gasteiger partial charge on any atom is 0.336 e. The van der Waals surface area contributed by atoms with Crippen LogP contribution in [-0.4, -0.2) is 48.3 Å². The number of carbonyl (C=O) groups excluding carboxylic acids is 5. The van der Waals surface area contributed by atoms with Crippen LogP contribution >= 0.6 is 0 Å². The molecule has 0 saturated carbocycles. The van der Waals surface area contributed by atoms with E-state index >= 15 is 0 Å². The highest BCUT2D eigenvalue weighted by molar-refractivity contribution is 6.39. The number of fused-ring (bicyclic) bond motifs is 1. The number of carbonyl (C=O) groups is 5. The molecule has 0 bridgehead atoms. The van der Waals surface area contributed by atoms with Crippen LogP contribution in [0.1, 0.15) is 38.8 Å². The molecule has 1 N–H and O–H groups in total. The summed E-state index contributed by atoms with van der Waals surface area (Å²) in [7, 11) is 1.46. The number of benzene rings is 3. The van der Waals surface area contributed by atoms with Crippen LogP contribution in [0.15, 0.2) is 72.3 Å². The Kier molecular flexibility index (Phi) is 6.68. The molecule has 0 unspecified atom stereocenters. The number of anilines is 1. The van der Waals surface area contributed by atoms with Gasteiger partial charge in [-0.2, -0.15) is 0 Å². The van der Waals surface area contributed by atoms with Gasteiger partial charge < -0.3 is 9.47 Å². The fraction of sp³-hybridized carbons (Fsp3) is 0.138.